The normalized spacial score (nSPS) is 25.7. The molecule has 0 bridgehead atoms. The first-order chi connectivity index (χ1) is 9.63. The predicted molar refractivity (Wildman–Crippen MR) is 78.9 cm³/mol. The van der Waals surface area contributed by atoms with Crippen LogP contribution in [0.15, 0.2) is 24.3 Å². The number of hydrogen-bond acceptors (Lipinski definition) is 3. The fourth-order valence-electron chi connectivity index (χ4n) is 3.22. The number of para-hydroxylation sites is 1. The zero-order valence-corrected chi connectivity index (χ0v) is 12.2. The highest BCUT2D eigenvalue weighted by atomic mass is 16.5. The van der Waals surface area contributed by atoms with E-state index in [0.29, 0.717) is 19.6 Å². The van der Waals surface area contributed by atoms with Gasteiger partial charge in [0.2, 0.25) is 5.91 Å². The number of fused-ring (bicyclic) bond motifs is 1. The molecule has 2 heterocycles. The average Bonchev–Trinajstić information content (AvgIpc) is 2.81. The summed E-state index contributed by atoms with van der Waals surface area (Å²) in [6, 6.07) is 8.37. The van der Waals surface area contributed by atoms with E-state index in [1.54, 1.807) is 0 Å². The van der Waals surface area contributed by atoms with E-state index < -0.39 is 0 Å². The topological polar surface area (TPSA) is 32.8 Å². The van der Waals surface area contributed by atoms with Gasteiger partial charge in [-0.3, -0.25) is 4.79 Å². The van der Waals surface area contributed by atoms with E-state index in [9.17, 15) is 4.79 Å². The Bertz CT molecular complexity index is 493. The molecule has 2 aliphatic rings. The first-order valence-corrected chi connectivity index (χ1v) is 7.39. The molecule has 20 heavy (non-hydrogen) atoms. The minimum absolute atomic E-state index is 0.133. The van der Waals surface area contributed by atoms with E-state index in [1.807, 2.05) is 24.8 Å². The van der Waals surface area contributed by atoms with Crippen molar-refractivity contribution in [1.82, 2.24) is 4.90 Å². The molecule has 0 saturated carbocycles. The van der Waals surface area contributed by atoms with Crippen LogP contribution in [0.2, 0.25) is 0 Å². The zero-order chi connectivity index (χ0) is 14.1. The lowest BCUT2D eigenvalue weighted by Gasteiger charge is -2.36. The molecule has 1 fully saturated rings. The van der Waals surface area contributed by atoms with Crippen LogP contribution in [-0.4, -0.2) is 49.2 Å². The Morgan fingerprint density at radius 1 is 1.25 bits per heavy atom. The van der Waals surface area contributed by atoms with Crippen molar-refractivity contribution in [1.29, 1.82) is 0 Å². The lowest BCUT2D eigenvalue weighted by atomic mass is 10.2. The van der Waals surface area contributed by atoms with Crippen LogP contribution < -0.4 is 4.90 Å². The molecule has 108 valence electrons. The summed E-state index contributed by atoms with van der Waals surface area (Å²) in [6.45, 7) is 6.90. The van der Waals surface area contributed by atoms with E-state index >= 15 is 0 Å². The molecule has 4 heteroatoms. The monoisotopic (exact) mass is 274 g/mol. The van der Waals surface area contributed by atoms with E-state index in [-0.39, 0.29) is 18.1 Å². The fraction of sp³-hybridized carbons (Fsp3) is 0.562. The average molecular weight is 274 g/mol. The zero-order valence-electron chi connectivity index (χ0n) is 12.2. The number of rotatable bonds is 2. The Morgan fingerprint density at radius 2 is 1.95 bits per heavy atom. The van der Waals surface area contributed by atoms with Gasteiger partial charge in [-0.25, -0.2) is 0 Å². The summed E-state index contributed by atoms with van der Waals surface area (Å²) < 4.78 is 5.69. The predicted octanol–water partition coefficient (Wildman–Crippen LogP) is 1.68. The molecule has 0 aromatic heterocycles. The lowest BCUT2D eigenvalue weighted by molar-refractivity contribution is -0.141. The van der Waals surface area contributed by atoms with Crippen LogP contribution >= 0.6 is 0 Å². The van der Waals surface area contributed by atoms with Crippen LogP contribution in [0.1, 0.15) is 19.4 Å². The maximum absolute atomic E-state index is 12.5. The number of benzene rings is 1. The SMILES string of the molecule is C[C@@H]1CN(C(=O)CN2CCc3ccccc32)C[C@H](C)O1. The van der Waals surface area contributed by atoms with Crippen molar-refractivity contribution in [2.45, 2.75) is 32.5 Å². The number of carbonyl (C=O) groups excluding carboxylic acids is 1. The van der Waals surface area contributed by atoms with Crippen LogP contribution in [0.3, 0.4) is 0 Å². The number of ether oxygens (including phenoxy) is 1. The Morgan fingerprint density at radius 3 is 2.70 bits per heavy atom. The first kappa shape index (κ1) is 13.4. The third-order valence-electron chi connectivity index (χ3n) is 4.08. The van der Waals surface area contributed by atoms with Gasteiger partial charge in [-0.1, -0.05) is 18.2 Å². The molecule has 0 aliphatic carbocycles. The second kappa shape index (κ2) is 5.44. The van der Waals surface area contributed by atoms with Crippen molar-refractivity contribution in [2.24, 2.45) is 0 Å². The summed E-state index contributed by atoms with van der Waals surface area (Å²) >= 11 is 0. The number of anilines is 1. The van der Waals surface area contributed by atoms with Gasteiger partial charge in [0, 0.05) is 25.3 Å². The fourth-order valence-corrected chi connectivity index (χ4v) is 3.22. The van der Waals surface area contributed by atoms with Crippen molar-refractivity contribution in [3.63, 3.8) is 0 Å². The lowest BCUT2D eigenvalue weighted by Crippen LogP contribution is -2.51. The highest BCUT2D eigenvalue weighted by molar-refractivity contribution is 5.82. The highest BCUT2D eigenvalue weighted by Gasteiger charge is 2.28. The largest absolute Gasteiger partial charge is 0.372 e. The van der Waals surface area contributed by atoms with Crippen LogP contribution in [0.4, 0.5) is 5.69 Å². The molecule has 1 amide bonds. The summed E-state index contributed by atoms with van der Waals surface area (Å²) in [5.74, 6) is 0.212. The number of carbonyl (C=O) groups is 1. The van der Waals surface area contributed by atoms with E-state index in [2.05, 4.69) is 23.1 Å². The van der Waals surface area contributed by atoms with Crippen molar-refractivity contribution in [2.75, 3.05) is 31.1 Å². The molecule has 0 N–H and O–H groups in total. The van der Waals surface area contributed by atoms with Gasteiger partial charge in [0.1, 0.15) is 0 Å². The molecule has 3 rings (SSSR count). The standard InChI is InChI=1S/C16H22N2O2/c1-12-9-18(10-13(2)20-12)16(19)11-17-8-7-14-5-3-4-6-15(14)17/h3-6,12-13H,7-11H2,1-2H3/t12-,13+. The molecule has 1 aromatic rings. The molecular weight excluding hydrogens is 252 g/mol. The Kier molecular flexibility index (Phi) is 3.66. The molecule has 2 aliphatic heterocycles. The minimum Gasteiger partial charge on any atom is -0.372 e. The summed E-state index contributed by atoms with van der Waals surface area (Å²) in [5.41, 5.74) is 2.57. The highest BCUT2D eigenvalue weighted by Crippen LogP contribution is 2.27. The van der Waals surface area contributed by atoms with Crippen molar-refractivity contribution in [3.05, 3.63) is 29.8 Å². The number of morpholine rings is 1. The van der Waals surface area contributed by atoms with Crippen molar-refractivity contribution in [3.8, 4) is 0 Å². The minimum atomic E-state index is 0.133. The summed E-state index contributed by atoms with van der Waals surface area (Å²) in [5, 5.41) is 0. The van der Waals surface area contributed by atoms with Gasteiger partial charge in [0.05, 0.1) is 18.8 Å². The molecular formula is C16H22N2O2. The smallest absolute Gasteiger partial charge is 0.242 e. The molecule has 1 saturated heterocycles. The Balaban J connectivity index is 1.65. The Hall–Kier alpha value is -1.55. The second-order valence-electron chi connectivity index (χ2n) is 5.86. The third-order valence-corrected chi connectivity index (χ3v) is 4.08. The van der Waals surface area contributed by atoms with Gasteiger partial charge in [0.25, 0.3) is 0 Å². The number of nitrogens with zero attached hydrogens (tertiary/aromatic N) is 2. The summed E-state index contributed by atoms with van der Waals surface area (Å²) in [7, 11) is 0. The maximum Gasteiger partial charge on any atom is 0.242 e. The third kappa shape index (κ3) is 2.66. The molecule has 0 radical (unpaired) electrons. The van der Waals surface area contributed by atoms with Gasteiger partial charge < -0.3 is 14.5 Å². The Labute approximate surface area is 120 Å². The van der Waals surface area contributed by atoms with Gasteiger partial charge in [-0.05, 0) is 31.9 Å². The molecule has 0 spiro atoms. The van der Waals surface area contributed by atoms with Gasteiger partial charge in [0.15, 0.2) is 0 Å². The van der Waals surface area contributed by atoms with Gasteiger partial charge in [-0.2, -0.15) is 0 Å². The number of hydrogen-bond donors (Lipinski definition) is 0. The van der Waals surface area contributed by atoms with Crippen LogP contribution in [0.25, 0.3) is 0 Å². The van der Waals surface area contributed by atoms with E-state index in [4.69, 9.17) is 4.74 Å². The van der Waals surface area contributed by atoms with Crippen LogP contribution in [0, 0.1) is 0 Å². The first-order valence-electron chi connectivity index (χ1n) is 7.39. The van der Waals surface area contributed by atoms with Crippen LogP contribution in [-0.2, 0) is 16.0 Å². The van der Waals surface area contributed by atoms with Crippen molar-refractivity contribution >= 4 is 11.6 Å². The van der Waals surface area contributed by atoms with Crippen LogP contribution in [0.5, 0.6) is 0 Å². The molecule has 0 unspecified atom stereocenters. The summed E-state index contributed by atoms with van der Waals surface area (Å²) in [4.78, 5) is 16.6. The van der Waals surface area contributed by atoms with E-state index in [1.165, 1.54) is 11.3 Å². The number of amides is 1. The quantitative estimate of drug-likeness (QED) is 0.822. The summed E-state index contributed by atoms with van der Waals surface area (Å²) in [6.07, 6.45) is 1.31. The molecule has 4 nitrogen and oxygen atoms in total. The second-order valence-corrected chi connectivity index (χ2v) is 5.86. The van der Waals surface area contributed by atoms with E-state index in [0.717, 1.165) is 13.0 Å². The maximum atomic E-state index is 12.5. The van der Waals surface area contributed by atoms with Gasteiger partial charge in [-0.15, -0.1) is 0 Å². The van der Waals surface area contributed by atoms with Gasteiger partial charge >= 0.3 is 0 Å². The molecule has 1 aromatic carbocycles. The molecule has 2 atom stereocenters. The van der Waals surface area contributed by atoms with Crippen molar-refractivity contribution < 1.29 is 9.53 Å².